The lowest BCUT2D eigenvalue weighted by atomic mass is 9.74. The van der Waals surface area contributed by atoms with Gasteiger partial charge in [0.15, 0.2) is 0 Å². The van der Waals surface area contributed by atoms with Gasteiger partial charge in [-0.3, -0.25) is 9.69 Å². The van der Waals surface area contributed by atoms with Gasteiger partial charge in [0, 0.05) is 18.6 Å². The summed E-state index contributed by atoms with van der Waals surface area (Å²) in [5.41, 5.74) is 0.398. The van der Waals surface area contributed by atoms with E-state index < -0.39 is 5.97 Å². The molecule has 2 rings (SSSR count). The molecular formula is C14H25NO3. The lowest BCUT2D eigenvalue weighted by molar-refractivity contribution is -0.141. The number of aliphatic carboxylic acids is 1. The molecular weight excluding hydrogens is 230 g/mol. The molecule has 1 saturated carbocycles. The number of carboxylic acids is 1. The highest BCUT2D eigenvalue weighted by atomic mass is 16.5. The fraction of sp³-hybridized carbons (Fsp3) is 0.929. The molecule has 2 fully saturated rings. The first-order valence-electron chi connectivity index (χ1n) is 7.03. The van der Waals surface area contributed by atoms with E-state index in [4.69, 9.17) is 9.84 Å². The van der Waals surface area contributed by atoms with Crippen LogP contribution in [0, 0.1) is 5.41 Å². The summed E-state index contributed by atoms with van der Waals surface area (Å²) in [6.07, 6.45) is 5.14. The third kappa shape index (κ3) is 3.45. The maximum atomic E-state index is 10.9. The molecule has 0 bridgehead atoms. The highest BCUT2D eigenvalue weighted by molar-refractivity contribution is 5.67. The van der Waals surface area contributed by atoms with Crippen molar-refractivity contribution >= 4 is 5.97 Å². The van der Waals surface area contributed by atoms with Gasteiger partial charge < -0.3 is 9.84 Å². The molecule has 0 aromatic rings. The largest absolute Gasteiger partial charge is 0.481 e. The maximum absolute atomic E-state index is 10.9. The van der Waals surface area contributed by atoms with Crippen molar-refractivity contribution in [3.63, 3.8) is 0 Å². The highest BCUT2D eigenvalue weighted by Crippen LogP contribution is 2.38. The molecule has 1 N–H and O–H groups in total. The standard InChI is InChI=1S/C14H25NO3/c1-14(2)5-3-4-11(9-14)15-6-7-18-10-12(15)8-13(16)17/h11-12H,3-10H2,1-2H3,(H,16,17). The van der Waals surface area contributed by atoms with Gasteiger partial charge in [0.05, 0.1) is 19.6 Å². The van der Waals surface area contributed by atoms with Crippen molar-refractivity contribution in [3.05, 3.63) is 0 Å². The van der Waals surface area contributed by atoms with Gasteiger partial charge in [-0.25, -0.2) is 0 Å². The minimum Gasteiger partial charge on any atom is -0.481 e. The molecule has 2 unspecified atom stereocenters. The molecule has 4 heteroatoms. The van der Waals surface area contributed by atoms with Crippen molar-refractivity contribution in [1.82, 2.24) is 4.90 Å². The van der Waals surface area contributed by atoms with E-state index in [0.717, 1.165) is 13.2 Å². The van der Waals surface area contributed by atoms with E-state index in [1.165, 1.54) is 25.7 Å². The van der Waals surface area contributed by atoms with Crippen LogP contribution in [0.2, 0.25) is 0 Å². The number of nitrogens with zero attached hydrogens (tertiary/aromatic N) is 1. The molecule has 0 aromatic carbocycles. The Hall–Kier alpha value is -0.610. The Bertz CT molecular complexity index is 303. The van der Waals surface area contributed by atoms with E-state index in [0.29, 0.717) is 18.1 Å². The summed E-state index contributed by atoms with van der Waals surface area (Å²) < 4.78 is 5.45. The van der Waals surface area contributed by atoms with E-state index in [-0.39, 0.29) is 12.5 Å². The van der Waals surface area contributed by atoms with Gasteiger partial charge in [-0.2, -0.15) is 0 Å². The summed E-state index contributed by atoms with van der Waals surface area (Å²) in [5, 5.41) is 9.00. The molecule has 2 aliphatic rings. The molecule has 1 saturated heterocycles. The topological polar surface area (TPSA) is 49.8 Å². The monoisotopic (exact) mass is 255 g/mol. The average Bonchev–Trinajstić information content (AvgIpc) is 2.27. The first kappa shape index (κ1) is 13.8. The Labute approximate surface area is 109 Å². The lowest BCUT2D eigenvalue weighted by Gasteiger charge is -2.46. The van der Waals surface area contributed by atoms with Crippen molar-refractivity contribution in [2.75, 3.05) is 19.8 Å². The summed E-state index contributed by atoms with van der Waals surface area (Å²) in [6.45, 7) is 6.85. The van der Waals surface area contributed by atoms with Gasteiger partial charge in [-0.15, -0.1) is 0 Å². The van der Waals surface area contributed by atoms with Crippen molar-refractivity contribution in [2.45, 2.75) is 58.0 Å². The summed E-state index contributed by atoms with van der Waals surface area (Å²) in [7, 11) is 0. The van der Waals surface area contributed by atoms with Crippen molar-refractivity contribution in [1.29, 1.82) is 0 Å². The second kappa shape index (κ2) is 5.57. The van der Waals surface area contributed by atoms with Gasteiger partial charge in [0.2, 0.25) is 0 Å². The van der Waals surface area contributed by atoms with E-state index in [1.807, 2.05) is 0 Å². The Balaban J connectivity index is 2.01. The van der Waals surface area contributed by atoms with E-state index in [9.17, 15) is 4.79 Å². The van der Waals surface area contributed by atoms with E-state index >= 15 is 0 Å². The van der Waals surface area contributed by atoms with Gasteiger partial charge in [0.1, 0.15) is 0 Å². The molecule has 2 atom stereocenters. The molecule has 0 spiro atoms. The molecule has 4 nitrogen and oxygen atoms in total. The van der Waals surface area contributed by atoms with Crippen LogP contribution in [-0.2, 0) is 9.53 Å². The fourth-order valence-electron chi connectivity index (χ4n) is 3.47. The zero-order chi connectivity index (χ0) is 13.2. The third-order valence-electron chi connectivity index (χ3n) is 4.33. The normalized spacial score (nSPS) is 33.2. The van der Waals surface area contributed by atoms with Crippen LogP contribution in [-0.4, -0.2) is 47.8 Å². The highest BCUT2D eigenvalue weighted by Gasteiger charge is 2.36. The minimum atomic E-state index is -0.717. The first-order valence-corrected chi connectivity index (χ1v) is 7.03. The number of ether oxygens (including phenoxy) is 1. The summed E-state index contributed by atoms with van der Waals surface area (Å²) >= 11 is 0. The second-order valence-corrected chi connectivity index (χ2v) is 6.48. The Morgan fingerprint density at radius 2 is 2.28 bits per heavy atom. The molecule has 0 radical (unpaired) electrons. The maximum Gasteiger partial charge on any atom is 0.305 e. The molecule has 1 aliphatic heterocycles. The number of morpholine rings is 1. The fourth-order valence-corrected chi connectivity index (χ4v) is 3.47. The number of carbonyl (C=O) groups is 1. The average molecular weight is 255 g/mol. The smallest absolute Gasteiger partial charge is 0.305 e. The number of carboxylic acid groups (broad SMARTS) is 1. The third-order valence-corrected chi connectivity index (χ3v) is 4.33. The van der Waals surface area contributed by atoms with Crippen LogP contribution in [0.5, 0.6) is 0 Å². The van der Waals surface area contributed by atoms with Crippen molar-refractivity contribution in [3.8, 4) is 0 Å². The Morgan fingerprint density at radius 1 is 1.50 bits per heavy atom. The van der Waals surface area contributed by atoms with Crippen LogP contribution < -0.4 is 0 Å². The van der Waals surface area contributed by atoms with Crippen LogP contribution in [0.15, 0.2) is 0 Å². The minimum absolute atomic E-state index is 0.0650. The molecule has 0 amide bonds. The van der Waals surface area contributed by atoms with Gasteiger partial charge >= 0.3 is 5.97 Å². The zero-order valence-electron chi connectivity index (χ0n) is 11.5. The number of hydrogen-bond donors (Lipinski definition) is 1. The van der Waals surface area contributed by atoms with Crippen LogP contribution >= 0.6 is 0 Å². The van der Waals surface area contributed by atoms with Crippen LogP contribution in [0.25, 0.3) is 0 Å². The first-order chi connectivity index (χ1) is 8.48. The van der Waals surface area contributed by atoms with Crippen LogP contribution in [0.4, 0.5) is 0 Å². The summed E-state index contributed by atoms with van der Waals surface area (Å²) in [6, 6.07) is 0.608. The number of rotatable bonds is 3. The quantitative estimate of drug-likeness (QED) is 0.839. The molecule has 1 heterocycles. The SMILES string of the molecule is CC1(C)CCCC(N2CCOCC2CC(=O)O)C1. The summed E-state index contributed by atoms with van der Waals surface area (Å²) in [4.78, 5) is 13.3. The van der Waals surface area contributed by atoms with Crippen molar-refractivity contribution < 1.29 is 14.6 Å². The van der Waals surface area contributed by atoms with Crippen LogP contribution in [0.3, 0.4) is 0 Å². The lowest BCUT2D eigenvalue weighted by Crippen LogP contribution is -2.53. The van der Waals surface area contributed by atoms with E-state index in [2.05, 4.69) is 18.7 Å². The summed E-state index contributed by atoms with van der Waals surface area (Å²) in [5.74, 6) is -0.717. The number of hydrogen-bond acceptors (Lipinski definition) is 3. The van der Waals surface area contributed by atoms with E-state index in [1.54, 1.807) is 0 Å². The zero-order valence-corrected chi connectivity index (χ0v) is 11.5. The second-order valence-electron chi connectivity index (χ2n) is 6.48. The van der Waals surface area contributed by atoms with Gasteiger partial charge in [-0.1, -0.05) is 20.3 Å². The Kier molecular flexibility index (Phi) is 4.28. The molecule has 18 heavy (non-hydrogen) atoms. The molecule has 0 aromatic heterocycles. The van der Waals surface area contributed by atoms with Crippen molar-refractivity contribution in [2.24, 2.45) is 5.41 Å². The van der Waals surface area contributed by atoms with Gasteiger partial charge in [-0.05, 0) is 24.7 Å². The predicted molar refractivity (Wildman–Crippen MR) is 69.6 cm³/mol. The van der Waals surface area contributed by atoms with Gasteiger partial charge in [0.25, 0.3) is 0 Å². The molecule has 104 valence electrons. The van der Waals surface area contributed by atoms with Crippen LogP contribution in [0.1, 0.15) is 46.0 Å². The Morgan fingerprint density at radius 3 is 2.94 bits per heavy atom. The predicted octanol–water partition coefficient (Wildman–Crippen LogP) is 2.13. The molecule has 1 aliphatic carbocycles.